The van der Waals surface area contributed by atoms with Gasteiger partial charge in [-0.05, 0) is 37.1 Å². The van der Waals surface area contributed by atoms with E-state index in [0.29, 0.717) is 30.6 Å². The monoisotopic (exact) mass is 302 g/mol. The van der Waals surface area contributed by atoms with Crippen molar-refractivity contribution in [3.8, 4) is 0 Å². The molecular weight excluding hydrogens is 284 g/mol. The maximum absolute atomic E-state index is 12.5. The Morgan fingerprint density at radius 2 is 2.05 bits per heavy atom. The zero-order chi connectivity index (χ0) is 15.9. The first kappa shape index (κ1) is 14.6. The van der Waals surface area contributed by atoms with E-state index in [1.807, 2.05) is 0 Å². The number of benzene rings is 1. The summed E-state index contributed by atoms with van der Waals surface area (Å²) in [6.45, 7) is 2.90. The van der Waals surface area contributed by atoms with E-state index in [2.05, 4.69) is 10.1 Å². The Morgan fingerprint density at radius 3 is 2.59 bits per heavy atom. The lowest BCUT2D eigenvalue weighted by Gasteiger charge is -2.47. The van der Waals surface area contributed by atoms with E-state index < -0.39 is 5.97 Å². The summed E-state index contributed by atoms with van der Waals surface area (Å²) in [4.78, 5) is 37.1. The summed E-state index contributed by atoms with van der Waals surface area (Å²) in [7, 11) is 1.33. The number of nitrogens with one attached hydrogen (secondary N) is 1. The van der Waals surface area contributed by atoms with Crippen molar-refractivity contribution in [2.45, 2.75) is 25.3 Å². The van der Waals surface area contributed by atoms with Gasteiger partial charge in [0.2, 0.25) is 5.91 Å². The molecule has 0 atom stereocenters. The number of rotatable bonds is 2. The van der Waals surface area contributed by atoms with E-state index in [1.165, 1.54) is 7.11 Å². The molecule has 2 saturated heterocycles. The molecule has 6 nitrogen and oxygen atoms in total. The fourth-order valence-corrected chi connectivity index (χ4v) is 3.16. The maximum atomic E-state index is 12.5. The maximum Gasteiger partial charge on any atom is 0.337 e. The molecule has 0 bridgehead atoms. The molecule has 116 valence electrons. The highest BCUT2D eigenvalue weighted by Crippen LogP contribution is 2.31. The van der Waals surface area contributed by atoms with E-state index in [1.54, 1.807) is 30.0 Å². The van der Waals surface area contributed by atoms with Gasteiger partial charge >= 0.3 is 5.97 Å². The van der Waals surface area contributed by atoms with Gasteiger partial charge < -0.3 is 15.0 Å². The number of amides is 2. The number of hydrogen-bond donors (Lipinski definition) is 1. The van der Waals surface area contributed by atoms with Crippen LogP contribution < -0.4 is 5.32 Å². The van der Waals surface area contributed by atoms with Crippen LogP contribution in [0.15, 0.2) is 18.2 Å². The van der Waals surface area contributed by atoms with E-state index in [9.17, 15) is 14.4 Å². The largest absolute Gasteiger partial charge is 0.465 e. The van der Waals surface area contributed by atoms with Crippen LogP contribution in [0.4, 0.5) is 0 Å². The number of ether oxygens (including phenoxy) is 1. The van der Waals surface area contributed by atoms with Crippen LogP contribution >= 0.6 is 0 Å². The molecule has 2 heterocycles. The van der Waals surface area contributed by atoms with E-state index in [4.69, 9.17) is 0 Å². The Morgan fingerprint density at radius 1 is 1.32 bits per heavy atom. The smallest absolute Gasteiger partial charge is 0.337 e. The number of hydrogen-bond acceptors (Lipinski definition) is 4. The lowest BCUT2D eigenvalue weighted by Crippen LogP contribution is -2.68. The number of esters is 1. The van der Waals surface area contributed by atoms with Crippen molar-refractivity contribution in [3.05, 3.63) is 34.9 Å². The van der Waals surface area contributed by atoms with Crippen LogP contribution in [0.5, 0.6) is 0 Å². The number of nitrogens with zero attached hydrogens (tertiary/aromatic N) is 1. The third-order valence-corrected chi connectivity index (χ3v) is 4.39. The first-order valence-corrected chi connectivity index (χ1v) is 7.23. The van der Waals surface area contributed by atoms with Crippen LogP contribution in [0, 0.1) is 6.92 Å². The van der Waals surface area contributed by atoms with Crippen molar-refractivity contribution < 1.29 is 19.1 Å². The molecule has 1 aromatic rings. The van der Waals surface area contributed by atoms with Crippen LogP contribution in [-0.4, -0.2) is 48.4 Å². The molecule has 1 N–H and O–H groups in total. The van der Waals surface area contributed by atoms with Gasteiger partial charge in [-0.1, -0.05) is 0 Å². The van der Waals surface area contributed by atoms with Gasteiger partial charge in [0, 0.05) is 25.1 Å². The van der Waals surface area contributed by atoms with Crippen molar-refractivity contribution >= 4 is 17.8 Å². The minimum Gasteiger partial charge on any atom is -0.465 e. The molecular formula is C16H18N2O4. The van der Waals surface area contributed by atoms with Gasteiger partial charge in [0.1, 0.15) is 0 Å². The van der Waals surface area contributed by atoms with Crippen molar-refractivity contribution in [1.82, 2.24) is 10.2 Å². The zero-order valence-corrected chi connectivity index (χ0v) is 12.6. The molecule has 1 aromatic carbocycles. The Hall–Kier alpha value is -2.37. The minimum absolute atomic E-state index is 0.0608. The molecule has 1 spiro atoms. The fourth-order valence-electron chi connectivity index (χ4n) is 3.16. The Balaban J connectivity index is 1.71. The first-order chi connectivity index (χ1) is 10.4. The lowest BCUT2D eigenvalue weighted by atomic mass is 9.87. The molecule has 22 heavy (non-hydrogen) atoms. The van der Waals surface area contributed by atoms with Crippen LogP contribution in [0.25, 0.3) is 0 Å². The number of aryl methyl sites for hydroxylation is 1. The van der Waals surface area contributed by atoms with Crippen molar-refractivity contribution in [3.63, 3.8) is 0 Å². The summed E-state index contributed by atoms with van der Waals surface area (Å²) in [6, 6.07) is 4.91. The number of likely N-dealkylation sites (tertiary alicyclic amines) is 1. The third kappa shape index (κ3) is 2.34. The molecule has 0 aromatic heterocycles. The first-order valence-electron chi connectivity index (χ1n) is 7.23. The summed E-state index contributed by atoms with van der Waals surface area (Å²) in [5, 5.41) is 2.96. The normalized spacial score (nSPS) is 18.8. The van der Waals surface area contributed by atoms with Crippen LogP contribution in [-0.2, 0) is 9.53 Å². The molecule has 0 unspecified atom stereocenters. The second kappa shape index (κ2) is 5.12. The van der Waals surface area contributed by atoms with Gasteiger partial charge in [0.15, 0.2) is 0 Å². The van der Waals surface area contributed by atoms with Crippen molar-refractivity contribution in [1.29, 1.82) is 0 Å². The van der Waals surface area contributed by atoms with E-state index >= 15 is 0 Å². The Bertz CT molecular complexity index is 662. The second-order valence-electron chi connectivity index (χ2n) is 6.01. The Labute approximate surface area is 128 Å². The average Bonchev–Trinajstić information content (AvgIpc) is 2.86. The lowest BCUT2D eigenvalue weighted by molar-refractivity contribution is -0.120. The van der Waals surface area contributed by atoms with E-state index in [-0.39, 0.29) is 17.4 Å². The Kier molecular flexibility index (Phi) is 3.39. The van der Waals surface area contributed by atoms with Crippen LogP contribution in [0.3, 0.4) is 0 Å². The van der Waals surface area contributed by atoms with Gasteiger partial charge in [-0.25, -0.2) is 4.79 Å². The van der Waals surface area contributed by atoms with Gasteiger partial charge in [0.05, 0.1) is 18.2 Å². The molecule has 3 rings (SSSR count). The quantitative estimate of drug-likeness (QED) is 0.823. The highest BCUT2D eigenvalue weighted by molar-refractivity contribution is 5.98. The summed E-state index contributed by atoms with van der Waals surface area (Å²) in [6.07, 6.45) is 1.32. The number of methoxy groups -OCH3 is 1. The molecule has 6 heteroatoms. The predicted octanol–water partition coefficient (Wildman–Crippen LogP) is 0.886. The standard InChI is InChI=1S/C16H18N2O4/c1-10-7-11(15(21)22-2)3-4-12(10)14(20)18-8-16(9-18)6-5-13(19)17-16/h3-4,7H,5-6,8-9H2,1-2H3,(H,17,19). The van der Waals surface area contributed by atoms with Gasteiger partial charge in [0.25, 0.3) is 5.91 Å². The topological polar surface area (TPSA) is 75.7 Å². The highest BCUT2D eigenvalue weighted by atomic mass is 16.5. The summed E-state index contributed by atoms with van der Waals surface area (Å²) in [5.41, 5.74) is 1.53. The zero-order valence-electron chi connectivity index (χ0n) is 12.6. The van der Waals surface area contributed by atoms with Crippen LogP contribution in [0.1, 0.15) is 39.1 Å². The molecule has 2 amide bonds. The summed E-state index contributed by atoms with van der Waals surface area (Å²) >= 11 is 0. The average molecular weight is 302 g/mol. The summed E-state index contributed by atoms with van der Waals surface area (Å²) < 4.78 is 4.67. The van der Waals surface area contributed by atoms with E-state index in [0.717, 1.165) is 12.0 Å². The molecule has 2 aliphatic heterocycles. The van der Waals surface area contributed by atoms with Gasteiger partial charge in [-0.3, -0.25) is 9.59 Å². The molecule has 0 saturated carbocycles. The van der Waals surface area contributed by atoms with Gasteiger partial charge in [-0.2, -0.15) is 0 Å². The number of carbonyl (C=O) groups is 3. The molecule has 2 aliphatic rings. The van der Waals surface area contributed by atoms with Crippen molar-refractivity contribution in [2.24, 2.45) is 0 Å². The van der Waals surface area contributed by atoms with Crippen molar-refractivity contribution in [2.75, 3.05) is 20.2 Å². The predicted molar refractivity (Wildman–Crippen MR) is 78.5 cm³/mol. The number of carbonyl (C=O) groups excluding carboxylic acids is 3. The molecule has 0 aliphatic carbocycles. The molecule has 2 fully saturated rings. The fraction of sp³-hybridized carbons (Fsp3) is 0.438. The minimum atomic E-state index is -0.418. The SMILES string of the molecule is COC(=O)c1ccc(C(=O)N2CC3(CCC(=O)N3)C2)c(C)c1. The van der Waals surface area contributed by atoms with Gasteiger partial charge in [-0.15, -0.1) is 0 Å². The molecule has 0 radical (unpaired) electrons. The second-order valence-corrected chi connectivity index (χ2v) is 6.01. The highest BCUT2D eigenvalue weighted by Gasteiger charge is 2.49. The third-order valence-electron chi connectivity index (χ3n) is 4.39. The van der Waals surface area contributed by atoms with Crippen LogP contribution in [0.2, 0.25) is 0 Å². The summed E-state index contributed by atoms with van der Waals surface area (Å²) in [5.74, 6) is -0.426.